The molecule has 164 valence electrons. The Morgan fingerprint density at radius 1 is 1.19 bits per heavy atom. The molecule has 0 saturated carbocycles. The molecule has 1 aliphatic rings. The minimum absolute atomic E-state index is 0.0136. The van der Waals surface area contributed by atoms with E-state index in [1.54, 1.807) is 36.4 Å². The van der Waals surface area contributed by atoms with Crippen molar-refractivity contribution >= 4 is 11.9 Å². The van der Waals surface area contributed by atoms with Crippen LogP contribution in [-0.2, 0) is 10.5 Å². The molecule has 2 atom stereocenters. The van der Waals surface area contributed by atoms with Crippen molar-refractivity contribution in [3.05, 3.63) is 78.1 Å². The van der Waals surface area contributed by atoms with Crippen LogP contribution in [0.4, 0.5) is 0 Å². The van der Waals surface area contributed by atoms with Gasteiger partial charge < -0.3 is 14.2 Å². The molecule has 2 aromatic carbocycles. The topological polar surface area (TPSA) is 125 Å². The lowest BCUT2D eigenvalue weighted by Crippen LogP contribution is -2.60. The molecule has 1 aromatic heterocycles. The number of H-pyrrole nitrogens is 1. The first-order chi connectivity index (χ1) is 15.6. The molecule has 1 aliphatic heterocycles. The van der Waals surface area contributed by atoms with Gasteiger partial charge in [0.25, 0.3) is 5.72 Å². The summed E-state index contributed by atoms with van der Waals surface area (Å²) < 4.78 is 17.4. The van der Waals surface area contributed by atoms with E-state index >= 15 is 0 Å². The molecule has 2 unspecified atom stereocenters. The van der Waals surface area contributed by atoms with Gasteiger partial charge >= 0.3 is 0 Å². The monoisotopic (exact) mass is 433 g/mol. The number of fused-ring (bicyclic) bond motifs is 1. The van der Waals surface area contributed by atoms with Crippen molar-refractivity contribution in [2.24, 2.45) is 5.73 Å². The third-order valence-electron chi connectivity index (χ3n) is 4.73. The molecule has 3 N–H and O–H groups in total. The second kappa shape index (κ2) is 9.44. The van der Waals surface area contributed by atoms with E-state index in [1.807, 2.05) is 30.3 Å². The molecular weight excluding hydrogens is 410 g/mol. The van der Waals surface area contributed by atoms with Gasteiger partial charge in [0.2, 0.25) is 17.7 Å². The number of benzene rings is 2. The van der Waals surface area contributed by atoms with Crippen LogP contribution in [0.1, 0.15) is 24.7 Å². The number of ether oxygens (including phenoxy) is 3. The normalized spacial score (nSPS) is 20.0. The number of rotatable bonds is 8. The van der Waals surface area contributed by atoms with Gasteiger partial charge in [0, 0.05) is 0 Å². The van der Waals surface area contributed by atoms with Crippen molar-refractivity contribution in [2.45, 2.75) is 25.2 Å². The summed E-state index contributed by atoms with van der Waals surface area (Å²) in [5.74, 6) is 1.23. The maximum Gasteiger partial charge on any atom is 0.267 e. The van der Waals surface area contributed by atoms with E-state index in [0.717, 1.165) is 17.7 Å². The first-order valence-corrected chi connectivity index (χ1v) is 10.2. The number of hydrogen-bond donors (Lipinski definition) is 2. The van der Waals surface area contributed by atoms with Crippen LogP contribution in [0.3, 0.4) is 0 Å². The fourth-order valence-corrected chi connectivity index (χ4v) is 3.14. The predicted octanol–water partition coefficient (Wildman–Crippen LogP) is 2.78. The Labute approximate surface area is 184 Å². The SMILES string of the molecule is CCCOc1ccc(/C=C/C=C/C(=O)C2Oc3ccccc3OC2(N)c2nn[nH]n2)cc1. The summed E-state index contributed by atoms with van der Waals surface area (Å²) in [4.78, 5) is 13.0. The summed E-state index contributed by atoms with van der Waals surface area (Å²) in [6.45, 7) is 2.74. The van der Waals surface area contributed by atoms with Gasteiger partial charge in [-0.25, -0.2) is 0 Å². The highest BCUT2D eigenvalue weighted by Crippen LogP contribution is 2.39. The Kier molecular flexibility index (Phi) is 6.27. The van der Waals surface area contributed by atoms with Gasteiger partial charge in [-0.1, -0.05) is 49.4 Å². The summed E-state index contributed by atoms with van der Waals surface area (Å²) in [6, 6.07) is 14.6. The number of allylic oxidation sites excluding steroid dienone is 2. The smallest absolute Gasteiger partial charge is 0.267 e. The minimum Gasteiger partial charge on any atom is -0.494 e. The maximum absolute atomic E-state index is 13.0. The molecule has 4 rings (SSSR count). The zero-order chi connectivity index (χ0) is 22.4. The Hall–Kier alpha value is -3.98. The number of nitrogens with one attached hydrogen (secondary N) is 1. The number of carbonyl (C=O) groups is 1. The molecule has 3 aromatic rings. The highest BCUT2D eigenvalue weighted by atomic mass is 16.6. The number of para-hydroxylation sites is 2. The highest BCUT2D eigenvalue weighted by molar-refractivity contribution is 5.95. The number of hydrogen-bond acceptors (Lipinski definition) is 8. The van der Waals surface area contributed by atoms with Gasteiger partial charge in [-0.05, 0) is 47.5 Å². The van der Waals surface area contributed by atoms with E-state index in [1.165, 1.54) is 6.08 Å². The van der Waals surface area contributed by atoms with E-state index < -0.39 is 17.6 Å². The molecule has 0 saturated heterocycles. The number of aromatic nitrogens is 4. The van der Waals surface area contributed by atoms with Crippen molar-refractivity contribution in [1.29, 1.82) is 0 Å². The van der Waals surface area contributed by atoms with Gasteiger partial charge in [0.05, 0.1) is 6.61 Å². The van der Waals surface area contributed by atoms with Crippen LogP contribution in [0.5, 0.6) is 17.2 Å². The largest absolute Gasteiger partial charge is 0.494 e. The third-order valence-corrected chi connectivity index (χ3v) is 4.73. The summed E-state index contributed by atoms with van der Waals surface area (Å²) in [7, 11) is 0. The molecule has 2 heterocycles. The molecule has 0 amide bonds. The van der Waals surface area contributed by atoms with Gasteiger partial charge in [-0.15, -0.1) is 10.2 Å². The standard InChI is InChI=1S/C23H23N5O4/c1-2-15-30-17-13-11-16(12-14-17)7-3-4-8-18(29)21-23(24,22-25-27-28-26-22)32-20-10-6-5-9-19(20)31-21/h3-14,21H,2,15,24H2,1H3,(H,25,26,27,28)/b7-3+,8-4+. The fourth-order valence-electron chi connectivity index (χ4n) is 3.14. The van der Waals surface area contributed by atoms with Crippen LogP contribution >= 0.6 is 0 Å². The zero-order valence-electron chi connectivity index (χ0n) is 17.5. The van der Waals surface area contributed by atoms with Gasteiger partial charge in [0.15, 0.2) is 11.5 Å². The van der Waals surface area contributed by atoms with E-state index in [9.17, 15) is 4.79 Å². The van der Waals surface area contributed by atoms with E-state index in [-0.39, 0.29) is 5.82 Å². The third kappa shape index (κ3) is 4.52. The first-order valence-electron chi connectivity index (χ1n) is 10.2. The van der Waals surface area contributed by atoms with E-state index in [2.05, 4.69) is 27.5 Å². The summed E-state index contributed by atoms with van der Waals surface area (Å²) in [5.41, 5.74) is 5.65. The zero-order valence-corrected chi connectivity index (χ0v) is 17.5. The minimum atomic E-state index is -1.74. The Bertz CT molecular complexity index is 1110. The maximum atomic E-state index is 13.0. The summed E-state index contributed by atoms with van der Waals surface area (Å²) >= 11 is 0. The Morgan fingerprint density at radius 2 is 1.97 bits per heavy atom. The number of nitrogens with zero attached hydrogens (tertiary/aromatic N) is 3. The average molecular weight is 433 g/mol. The summed E-state index contributed by atoms with van der Waals surface area (Å²) in [6.07, 6.45) is 6.37. The first kappa shape index (κ1) is 21.3. The van der Waals surface area contributed by atoms with Crippen molar-refractivity contribution in [3.8, 4) is 17.2 Å². The number of carbonyl (C=O) groups excluding carboxylic acids is 1. The summed E-state index contributed by atoms with van der Waals surface area (Å²) in [5, 5.41) is 13.7. The Balaban J connectivity index is 1.48. The number of tetrazole rings is 1. The Morgan fingerprint density at radius 3 is 2.69 bits per heavy atom. The van der Waals surface area contributed by atoms with Crippen molar-refractivity contribution in [3.63, 3.8) is 0 Å². The number of aromatic amines is 1. The molecule has 0 fully saturated rings. The average Bonchev–Trinajstić information content (AvgIpc) is 3.36. The van der Waals surface area contributed by atoms with Gasteiger partial charge in [0.1, 0.15) is 5.75 Å². The molecule has 0 aliphatic carbocycles. The van der Waals surface area contributed by atoms with Crippen LogP contribution in [-0.4, -0.2) is 39.1 Å². The quantitative estimate of drug-likeness (QED) is 0.410. The van der Waals surface area contributed by atoms with Crippen LogP contribution in [0, 0.1) is 0 Å². The number of nitrogens with two attached hydrogens (primary N) is 1. The second-order valence-electron chi connectivity index (χ2n) is 7.11. The molecule has 32 heavy (non-hydrogen) atoms. The molecular formula is C23H23N5O4. The van der Waals surface area contributed by atoms with Crippen LogP contribution in [0.25, 0.3) is 6.08 Å². The van der Waals surface area contributed by atoms with Crippen molar-refractivity contribution in [1.82, 2.24) is 20.6 Å². The second-order valence-corrected chi connectivity index (χ2v) is 7.11. The molecule has 9 nitrogen and oxygen atoms in total. The van der Waals surface area contributed by atoms with Crippen molar-refractivity contribution in [2.75, 3.05) is 6.61 Å². The lowest BCUT2D eigenvalue weighted by Gasteiger charge is -2.38. The van der Waals surface area contributed by atoms with Crippen LogP contribution in [0.2, 0.25) is 0 Å². The highest BCUT2D eigenvalue weighted by Gasteiger charge is 2.51. The molecule has 0 spiro atoms. The van der Waals surface area contributed by atoms with Crippen molar-refractivity contribution < 1.29 is 19.0 Å². The lowest BCUT2D eigenvalue weighted by atomic mass is 10.00. The number of ketones is 1. The van der Waals surface area contributed by atoms with E-state index in [0.29, 0.717) is 18.1 Å². The van der Waals surface area contributed by atoms with Gasteiger partial charge in [-0.2, -0.15) is 5.21 Å². The van der Waals surface area contributed by atoms with E-state index in [4.69, 9.17) is 19.9 Å². The predicted molar refractivity (Wildman–Crippen MR) is 117 cm³/mol. The molecule has 0 radical (unpaired) electrons. The van der Waals surface area contributed by atoms with Gasteiger partial charge in [-0.3, -0.25) is 10.5 Å². The molecule has 9 heteroatoms. The van der Waals surface area contributed by atoms with Crippen LogP contribution in [0.15, 0.2) is 66.8 Å². The van der Waals surface area contributed by atoms with Crippen LogP contribution < -0.4 is 19.9 Å². The molecule has 0 bridgehead atoms. The fraction of sp³-hybridized carbons (Fsp3) is 0.217. The lowest BCUT2D eigenvalue weighted by molar-refractivity contribution is -0.138.